The van der Waals surface area contributed by atoms with Crippen LogP contribution in [0.1, 0.15) is 39.0 Å². The van der Waals surface area contributed by atoms with Crippen molar-refractivity contribution in [2.75, 3.05) is 0 Å². The third kappa shape index (κ3) is 7.31. The maximum atomic E-state index is 9.84. The van der Waals surface area contributed by atoms with E-state index in [-0.39, 0.29) is 6.04 Å². The molecule has 1 unspecified atom stereocenters. The van der Waals surface area contributed by atoms with Gasteiger partial charge in [-0.15, -0.1) is 0 Å². The summed E-state index contributed by atoms with van der Waals surface area (Å²) in [7, 11) is 0. The molecule has 2 N–H and O–H groups in total. The first-order chi connectivity index (χ1) is 5.31. The van der Waals surface area contributed by atoms with E-state index in [2.05, 4.69) is 6.92 Å². The zero-order valence-corrected chi connectivity index (χ0v) is 7.18. The average Bonchev–Trinajstić information content (AvgIpc) is 1.99. The first-order valence-electron chi connectivity index (χ1n) is 4.27. The van der Waals surface area contributed by atoms with E-state index in [0.29, 0.717) is 0 Å². The molecule has 11 heavy (non-hydrogen) atoms. The normalized spacial score (nSPS) is 12.2. The molecule has 2 heteroatoms. The largest absolute Gasteiger partial charge is 0.324 e. The van der Waals surface area contributed by atoms with E-state index in [0.717, 1.165) is 12.8 Å². The minimum atomic E-state index is -0.0793. The summed E-state index contributed by atoms with van der Waals surface area (Å²) in [5.74, 6) is 1.71. The molecule has 0 aliphatic heterocycles. The van der Waals surface area contributed by atoms with Gasteiger partial charge in [0.1, 0.15) is 5.94 Å². The third-order valence-electron chi connectivity index (χ3n) is 1.67. The fraction of sp³-hybridized carbons (Fsp3) is 0.778. The van der Waals surface area contributed by atoms with Gasteiger partial charge < -0.3 is 5.73 Å². The van der Waals surface area contributed by atoms with Gasteiger partial charge in [-0.1, -0.05) is 32.6 Å². The molecular weight excluding hydrogens is 138 g/mol. The quantitative estimate of drug-likeness (QED) is 0.468. The first kappa shape index (κ1) is 10.4. The molecule has 0 aliphatic carbocycles. The lowest BCUT2D eigenvalue weighted by atomic mass is 10.1. The van der Waals surface area contributed by atoms with Crippen LogP contribution < -0.4 is 5.73 Å². The van der Waals surface area contributed by atoms with Gasteiger partial charge in [0.2, 0.25) is 0 Å². The summed E-state index contributed by atoms with van der Waals surface area (Å²) in [5.41, 5.74) is 5.55. The van der Waals surface area contributed by atoms with Crippen molar-refractivity contribution in [1.29, 1.82) is 0 Å². The van der Waals surface area contributed by atoms with Crippen LogP contribution in [0.4, 0.5) is 0 Å². The first-order valence-corrected chi connectivity index (χ1v) is 4.27. The maximum Gasteiger partial charge on any atom is 0.121 e. The van der Waals surface area contributed by atoms with Crippen molar-refractivity contribution in [3.8, 4) is 0 Å². The van der Waals surface area contributed by atoms with Crippen LogP contribution in [0.15, 0.2) is 6.08 Å². The Kier molecular flexibility index (Phi) is 7.11. The highest BCUT2D eigenvalue weighted by Crippen LogP contribution is 2.03. The molecule has 64 valence electrons. The highest BCUT2D eigenvalue weighted by molar-refractivity contribution is 5.46. The van der Waals surface area contributed by atoms with Crippen LogP contribution in [0, 0.1) is 0 Å². The molecular formula is C9H17NO. The van der Waals surface area contributed by atoms with Crippen LogP contribution >= 0.6 is 0 Å². The summed E-state index contributed by atoms with van der Waals surface area (Å²) in [4.78, 5) is 9.84. The van der Waals surface area contributed by atoms with Crippen molar-refractivity contribution in [2.24, 2.45) is 5.73 Å². The molecule has 0 aromatic carbocycles. The standard InChI is InChI=1S/C9H17NO/c1-2-3-4-5-6-9(10)7-8-11/h7,9H,2-6,10H2,1H3. The molecule has 0 fully saturated rings. The predicted molar refractivity (Wildman–Crippen MR) is 47.0 cm³/mol. The monoisotopic (exact) mass is 155 g/mol. The average molecular weight is 155 g/mol. The second-order valence-electron chi connectivity index (χ2n) is 2.80. The van der Waals surface area contributed by atoms with Gasteiger partial charge in [-0.25, -0.2) is 4.79 Å². The topological polar surface area (TPSA) is 43.1 Å². The Morgan fingerprint density at radius 1 is 1.45 bits per heavy atom. The zero-order valence-electron chi connectivity index (χ0n) is 7.18. The van der Waals surface area contributed by atoms with Crippen molar-refractivity contribution in [3.05, 3.63) is 6.08 Å². The second-order valence-corrected chi connectivity index (χ2v) is 2.80. The van der Waals surface area contributed by atoms with Crippen LogP contribution in [-0.4, -0.2) is 12.0 Å². The summed E-state index contributed by atoms with van der Waals surface area (Å²) in [5, 5.41) is 0. The van der Waals surface area contributed by atoms with E-state index in [1.807, 2.05) is 0 Å². The Hall–Kier alpha value is -0.590. The SMILES string of the molecule is CCCCCCC(N)C=C=O. The van der Waals surface area contributed by atoms with E-state index in [1.54, 1.807) is 5.94 Å². The third-order valence-corrected chi connectivity index (χ3v) is 1.67. The van der Waals surface area contributed by atoms with Gasteiger partial charge in [-0.2, -0.15) is 0 Å². The Labute approximate surface area is 68.5 Å². The number of hydrogen-bond acceptors (Lipinski definition) is 2. The molecule has 0 saturated heterocycles. The summed E-state index contributed by atoms with van der Waals surface area (Å²) in [6.45, 7) is 2.17. The van der Waals surface area contributed by atoms with Crippen LogP contribution in [0.25, 0.3) is 0 Å². The van der Waals surface area contributed by atoms with Crippen molar-refractivity contribution in [1.82, 2.24) is 0 Å². The molecule has 0 aromatic heterocycles. The molecule has 0 aromatic rings. The van der Waals surface area contributed by atoms with Crippen molar-refractivity contribution < 1.29 is 4.79 Å². The van der Waals surface area contributed by atoms with Crippen LogP contribution in [-0.2, 0) is 4.79 Å². The zero-order chi connectivity index (χ0) is 8.53. The van der Waals surface area contributed by atoms with Crippen LogP contribution in [0.5, 0.6) is 0 Å². The van der Waals surface area contributed by atoms with Gasteiger partial charge in [0.05, 0.1) is 0 Å². The molecule has 0 rings (SSSR count). The van der Waals surface area contributed by atoms with E-state index in [1.165, 1.54) is 25.3 Å². The van der Waals surface area contributed by atoms with E-state index < -0.39 is 0 Å². The van der Waals surface area contributed by atoms with Gasteiger partial charge in [0, 0.05) is 12.1 Å². The van der Waals surface area contributed by atoms with Crippen LogP contribution in [0.3, 0.4) is 0 Å². The molecule has 0 bridgehead atoms. The smallest absolute Gasteiger partial charge is 0.121 e. The van der Waals surface area contributed by atoms with Crippen molar-refractivity contribution in [3.63, 3.8) is 0 Å². The Morgan fingerprint density at radius 2 is 2.18 bits per heavy atom. The summed E-state index contributed by atoms with van der Waals surface area (Å²) >= 11 is 0. The molecule has 0 heterocycles. The second kappa shape index (κ2) is 7.52. The highest BCUT2D eigenvalue weighted by Gasteiger charge is 1.96. The van der Waals surface area contributed by atoms with E-state index in [4.69, 9.17) is 5.73 Å². The predicted octanol–water partition coefficient (Wildman–Crippen LogP) is 1.67. The molecule has 0 spiro atoms. The summed E-state index contributed by atoms with van der Waals surface area (Å²) in [6.07, 6.45) is 7.14. The fourth-order valence-electron chi connectivity index (χ4n) is 0.978. The number of unbranched alkanes of at least 4 members (excludes halogenated alkanes) is 3. The molecule has 0 amide bonds. The number of rotatable bonds is 6. The number of nitrogens with two attached hydrogens (primary N) is 1. The lowest BCUT2D eigenvalue weighted by Gasteiger charge is -2.02. The van der Waals surface area contributed by atoms with Crippen molar-refractivity contribution in [2.45, 2.75) is 45.1 Å². The van der Waals surface area contributed by atoms with Crippen molar-refractivity contribution >= 4 is 5.94 Å². The molecule has 0 aliphatic rings. The van der Waals surface area contributed by atoms with E-state index >= 15 is 0 Å². The minimum absolute atomic E-state index is 0.0793. The lowest BCUT2D eigenvalue weighted by Crippen LogP contribution is -2.16. The maximum absolute atomic E-state index is 9.84. The highest BCUT2D eigenvalue weighted by atomic mass is 16.1. The molecule has 0 radical (unpaired) electrons. The number of hydrogen-bond donors (Lipinski definition) is 1. The van der Waals surface area contributed by atoms with Gasteiger partial charge in [-0.3, -0.25) is 0 Å². The Balaban J connectivity index is 3.17. The van der Waals surface area contributed by atoms with Gasteiger partial charge in [0.25, 0.3) is 0 Å². The molecule has 0 saturated carbocycles. The molecule has 1 atom stereocenters. The van der Waals surface area contributed by atoms with Gasteiger partial charge in [-0.05, 0) is 6.42 Å². The summed E-state index contributed by atoms with van der Waals surface area (Å²) < 4.78 is 0. The van der Waals surface area contributed by atoms with E-state index in [9.17, 15) is 4.79 Å². The molecule has 2 nitrogen and oxygen atoms in total. The summed E-state index contributed by atoms with van der Waals surface area (Å²) in [6, 6.07) is -0.0793. The fourth-order valence-corrected chi connectivity index (χ4v) is 0.978. The van der Waals surface area contributed by atoms with Crippen LogP contribution in [0.2, 0.25) is 0 Å². The minimum Gasteiger partial charge on any atom is -0.324 e. The Bertz CT molecular complexity index is 128. The number of carbonyl (C=O) groups excluding carboxylic acids is 1. The van der Waals surface area contributed by atoms with Gasteiger partial charge >= 0.3 is 0 Å². The Morgan fingerprint density at radius 3 is 2.73 bits per heavy atom. The lowest BCUT2D eigenvalue weighted by molar-refractivity contribution is 0.563. The van der Waals surface area contributed by atoms with Gasteiger partial charge in [0.15, 0.2) is 0 Å².